The lowest BCUT2D eigenvalue weighted by Gasteiger charge is -2.35. The number of ether oxygens (including phenoxy) is 2. The van der Waals surface area contributed by atoms with Crippen LogP contribution in [0.5, 0.6) is 5.75 Å². The molecular weight excluding hydrogens is 244 g/mol. The third-order valence-corrected chi connectivity index (χ3v) is 3.72. The van der Waals surface area contributed by atoms with E-state index in [1.54, 1.807) is 20.4 Å². The Balaban J connectivity index is 3.26. The van der Waals surface area contributed by atoms with Crippen molar-refractivity contribution in [2.75, 3.05) is 14.2 Å². The van der Waals surface area contributed by atoms with Crippen molar-refractivity contribution >= 4 is 0 Å². The van der Waals surface area contributed by atoms with Gasteiger partial charge in [-0.25, -0.2) is 5.43 Å². The van der Waals surface area contributed by atoms with Gasteiger partial charge in [0.05, 0.1) is 24.9 Å². The van der Waals surface area contributed by atoms with E-state index in [0.29, 0.717) is 0 Å². The van der Waals surface area contributed by atoms with E-state index in [1.807, 2.05) is 11.6 Å². The number of aromatic nitrogens is 2. The summed E-state index contributed by atoms with van der Waals surface area (Å²) in [7, 11) is 3.33. The van der Waals surface area contributed by atoms with Gasteiger partial charge in [0, 0.05) is 13.7 Å². The molecule has 0 fully saturated rings. The quantitative estimate of drug-likeness (QED) is 0.554. The number of nitrogens with one attached hydrogen (secondary N) is 1. The summed E-state index contributed by atoms with van der Waals surface area (Å²) in [6.07, 6.45) is 3.53. The minimum absolute atomic E-state index is 0.188. The Bertz CT molecular complexity index is 388. The molecule has 19 heavy (non-hydrogen) atoms. The van der Waals surface area contributed by atoms with E-state index in [-0.39, 0.29) is 6.04 Å². The Kier molecular flexibility index (Phi) is 5.78. The molecule has 1 aromatic heterocycles. The van der Waals surface area contributed by atoms with Crippen LogP contribution in [-0.2, 0) is 11.3 Å². The van der Waals surface area contributed by atoms with Crippen LogP contribution in [0, 0.1) is 0 Å². The first-order valence-electron chi connectivity index (χ1n) is 6.68. The fourth-order valence-corrected chi connectivity index (χ4v) is 2.23. The molecule has 110 valence electrons. The molecule has 0 bridgehead atoms. The number of nitrogens with zero attached hydrogens (tertiary/aromatic N) is 2. The molecule has 1 aromatic rings. The Hall–Kier alpha value is -1.11. The SMILES string of the molecule is CCCn1ncc(OC)c1C(NN)C(C)(CC)OC. The van der Waals surface area contributed by atoms with Crippen LogP contribution in [-0.4, -0.2) is 29.6 Å². The van der Waals surface area contributed by atoms with Gasteiger partial charge in [-0.1, -0.05) is 13.8 Å². The molecule has 0 aromatic carbocycles. The van der Waals surface area contributed by atoms with Crippen molar-refractivity contribution in [3.8, 4) is 5.75 Å². The Morgan fingerprint density at radius 2 is 2.16 bits per heavy atom. The van der Waals surface area contributed by atoms with Crippen molar-refractivity contribution in [2.45, 2.75) is 51.8 Å². The summed E-state index contributed by atoms with van der Waals surface area (Å²) in [6, 6.07) is -0.188. The number of hydrazine groups is 1. The van der Waals surface area contributed by atoms with E-state index in [0.717, 1.165) is 30.8 Å². The highest BCUT2D eigenvalue weighted by atomic mass is 16.5. The molecule has 6 nitrogen and oxygen atoms in total. The molecule has 0 aliphatic heterocycles. The molecule has 0 amide bonds. The summed E-state index contributed by atoms with van der Waals surface area (Å²) >= 11 is 0. The summed E-state index contributed by atoms with van der Waals surface area (Å²) in [6.45, 7) is 7.03. The first-order chi connectivity index (χ1) is 9.07. The van der Waals surface area contributed by atoms with Crippen LogP contribution >= 0.6 is 0 Å². The number of hydrogen-bond acceptors (Lipinski definition) is 5. The molecule has 2 unspecified atom stereocenters. The number of aryl methyl sites for hydroxylation is 1. The maximum absolute atomic E-state index is 5.76. The molecule has 0 radical (unpaired) electrons. The predicted molar refractivity (Wildman–Crippen MR) is 74.8 cm³/mol. The largest absolute Gasteiger partial charge is 0.493 e. The van der Waals surface area contributed by atoms with Gasteiger partial charge in [0.25, 0.3) is 0 Å². The second kappa shape index (κ2) is 6.88. The second-order valence-corrected chi connectivity index (χ2v) is 4.79. The van der Waals surface area contributed by atoms with Gasteiger partial charge >= 0.3 is 0 Å². The van der Waals surface area contributed by atoms with Crippen LogP contribution in [0.3, 0.4) is 0 Å². The second-order valence-electron chi connectivity index (χ2n) is 4.79. The van der Waals surface area contributed by atoms with Gasteiger partial charge in [0.2, 0.25) is 0 Å². The summed E-state index contributed by atoms with van der Waals surface area (Å²) in [5.74, 6) is 6.49. The first-order valence-corrected chi connectivity index (χ1v) is 6.68. The molecule has 6 heteroatoms. The predicted octanol–water partition coefficient (Wildman–Crippen LogP) is 1.62. The topological polar surface area (TPSA) is 74.3 Å². The standard InChI is InChI=1S/C13H26N4O2/c1-6-8-17-11(10(18-4)9-15-17)12(16-14)13(3,7-2)19-5/h9,12,16H,6-8,14H2,1-5H3. The van der Waals surface area contributed by atoms with Gasteiger partial charge < -0.3 is 9.47 Å². The highest BCUT2D eigenvalue weighted by Gasteiger charge is 2.37. The monoisotopic (exact) mass is 270 g/mol. The highest BCUT2D eigenvalue weighted by molar-refractivity contribution is 5.30. The fourth-order valence-electron chi connectivity index (χ4n) is 2.23. The van der Waals surface area contributed by atoms with Crippen LogP contribution < -0.4 is 16.0 Å². The zero-order valence-corrected chi connectivity index (χ0v) is 12.6. The highest BCUT2D eigenvalue weighted by Crippen LogP contribution is 2.35. The molecule has 1 heterocycles. The summed E-state index contributed by atoms with van der Waals surface area (Å²) < 4.78 is 13.0. The zero-order chi connectivity index (χ0) is 14.5. The van der Waals surface area contributed by atoms with Gasteiger partial charge in [0.1, 0.15) is 5.69 Å². The zero-order valence-electron chi connectivity index (χ0n) is 12.6. The average molecular weight is 270 g/mol. The lowest BCUT2D eigenvalue weighted by atomic mass is 9.90. The Morgan fingerprint density at radius 1 is 1.47 bits per heavy atom. The van der Waals surface area contributed by atoms with Crippen LogP contribution in [0.2, 0.25) is 0 Å². The molecule has 0 aliphatic rings. The molecule has 2 atom stereocenters. The molecule has 0 saturated heterocycles. The van der Waals surface area contributed by atoms with E-state index < -0.39 is 5.60 Å². The van der Waals surface area contributed by atoms with Gasteiger partial charge in [-0.15, -0.1) is 0 Å². The maximum Gasteiger partial charge on any atom is 0.161 e. The molecule has 3 N–H and O–H groups in total. The summed E-state index contributed by atoms with van der Waals surface area (Å²) in [5, 5.41) is 4.37. The summed E-state index contributed by atoms with van der Waals surface area (Å²) in [4.78, 5) is 0. The van der Waals surface area contributed by atoms with E-state index in [4.69, 9.17) is 15.3 Å². The third-order valence-electron chi connectivity index (χ3n) is 3.72. The van der Waals surface area contributed by atoms with Crippen LogP contribution in [0.4, 0.5) is 0 Å². The number of rotatable bonds is 8. The van der Waals surface area contributed by atoms with Crippen molar-refractivity contribution in [1.29, 1.82) is 0 Å². The van der Waals surface area contributed by atoms with Crippen molar-refractivity contribution in [1.82, 2.24) is 15.2 Å². The molecular formula is C13H26N4O2. The van der Waals surface area contributed by atoms with Crippen molar-refractivity contribution in [2.24, 2.45) is 5.84 Å². The van der Waals surface area contributed by atoms with Crippen molar-refractivity contribution < 1.29 is 9.47 Å². The van der Waals surface area contributed by atoms with Gasteiger partial charge in [-0.2, -0.15) is 5.10 Å². The Morgan fingerprint density at radius 3 is 2.58 bits per heavy atom. The lowest BCUT2D eigenvalue weighted by Crippen LogP contribution is -2.46. The molecule has 0 aliphatic carbocycles. The van der Waals surface area contributed by atoms with Crippen molar-refractivity contribution in [3.63, 3.8) is 0 Å². The van der Waals surface area contributed by atoms with Gasteiger partial charge in [-0.05, 0) is 19.8 Å². The van der Waals surface area contributed by atoms with Crippen molar-refractivity contribution in [3.05, 3.63) is 11.9 Å². The summed E-state index contributed by atoms with van der Waals surface area (Å²) in [5.41, 5.74) is 3.36. The van der Waals surface area contributed by atoms with Crippen LogP contribution in [0.1, 0.15) is 45.3 Å². The number of methoxy groups -OCH3 is 2. The van der Waals surface area contributed by atoms with E-state index in [9.17, 15) is 0 Å². The number of hydrogen-bond donors (Lipinski definition) is 2. The fraction of sp³-hybridized carbons (Fsp3) is 0.769. The average Bonchev–Trinajstić information content (AvgIpc) is 2.83. The molecule has 1 rings (SSSR count). The normalized spacial score (nSPS) is 16.1. The lowest BCUT2D eigenvalue weighted by molar-refractivity contribution is -0.0328. The minimum Gasteiger partial charge on any atom is -0.493 e. The maximum atomic E-state index is 5.76. The molecule has 0 saturated carbocycles. The van der Waals surface area contributed by atoms with Crippen LogP contribution in [0.25, 0.3) is 0 Å². The Labute approximate surface area is 115 Å². The van der Waals surface area contributed by atoms with E-state index in [2.05, 4.69) is 24.4 Å². The van der Waals surface area contributed by atoms with Gasteiger partial charge in [-0.3, -0.25) is 10.5 Å². The van der Waals surface area contributed by atoms with E-state index >= 15 is 0 Å². The smallest absolute Gasteiger partial charge is 0.161 e. The first kappa shape index (κ1) is 15.9. The van der Waals surface area contributed by atoms with Crippen LogP contribution in [0.15, 0.2) is 6.20 Å². The molecule has 0 spiro atoms. The van der Waals surface area contributed by atoms with E-state index in [1.165, 1.54) is 0 Å². The third kappa shape index (κ3) is 3.08. The van der Waals surface area contributed by atoms with Gasteiger partial charge in [0.15, 0.2) is 5.75 Å². The number of nitrogens with two attached hydrogens (primary N) is 1. The minimum atomic E-state index is -0.423.